The molecule has 234 valence electrons. The van der Waals surface area contributed by atoms with Crippen LogP contribution in [-0.2, 0) is 29.0 Å². The van der Waals surface area contributed by atoms with Gasteiger partial charge in [-0.25, -0.2) is 19.6 Å². The molecule has 0 aliphatic rings. The number of nitrogens with zero attached hydrogens (tertiary/aromatic N) is 4. The van der Waals surface area contributed by atoms with Gasteiger partial charge in [-0.3, -0.25) is 4.98 Å². The highest BCUT2D eigenvalue weighted by Crippen LogP contribution is 2.33. The number of aromatic nitrogens is 5. The second-order valence-electron chi connectivity index (χ2n) is 8.98. The van der Waals surface area contributed by atoms with Crippen LogP contribution >= 0.6 is 0 Å². The summed E-state index contributed by atoms with van der Waals surface area (Å²) in [6.07, 6.45) is -5.80. The Balaban J connectivity index is 0.000000510. The maximum absolute atomic E-state index is 12.9. The van der Waals surface area contributed by atoms with Crippen LogP contribution < -0.4 is 10.1 Å². The van der Waals surface area contributed by atoms with E-state index in [0.29, 0.717) is 47.0 Å². The maximum Gasteiger partial charge on any atom is 0.432 e. The number of H-pyrrole nitrogens is 1. The van der Waals surface area contributed by atoms with Gasteiger partial charge in [0.2, 0.25) is 5.95 Å². The van der Waals surface area contributed by atoms with Crippen molar-refractivity contribution in [3.63, 3.8) is 0 Å². The van der Waals surface area contributed by atoms with Gasteiger partial charge in [0.05, 0.1) is 22.8 Å². The summed E-state index contributed by atoms with van der Waals surface area (Å²) in [5.74, 6) is -1.46. The van der Waals surface area contributed by atoms with E-state index in [4.69, 9.17) is 14.9 Å². The zero-order valence-electron chi connectivity index (χ0n) is 22.7. The van der Waals surface area contributed by atoms with Gasteiger partial charge in [-0.2, -0.15) is 26.3 Å². The monoisotopic (exact) mass is 634 g/mol. The molecule has 2 aromatic carbocycles. The number of aliphatic carboxylic acids is 2. The molecule has 45 heavy (non-hydrogen) atoms. The Kier molecular flexibility index (Phi) is 9.10. The molecule has 11 nitrogen and oxygen atoms in total. The van der Waals surface area contributed by atoms with Gasteiger partial charge in [0, 0.05) is 43.2 Å². The minimum Gasteiger partial charge on any atom is -0.478 e. The molecule has 17 heteroatoms. The fourth-order valence-corrected chi connectivity index (χ4v) is 3.70. The second-order valence-corrected chi connectivity index (χ2v) is 8.98. The maximum atomic E-state index is 12.9. The summed E-state index contributed by atoms with van der Waals surface area (Å²) < 4.78 is 84.5. The Morgan fingerprint density at radius 2 is 1.53 bits per heavy atom. The number of benzene rings is 2. The van der Waals surface area contributed by atoms with Crippen LogP contribution in [0.5, 0.6) is 11.5 Å². The van der Waals surface area contributed by atoms with E-state index in [9.17, 15) is 35.9 Å². The third-order valence-electron chi connectivity index (χ3n) is 5.78. The van der Waals surface area contributed by atoms with Crippen LogP contribution in [0.3, 0.4) is 0 Å². The van der Waals surface area contributed by atoms with Gasteiger partial charge in [0.1, 0.15) is 22.9 Å². The van der Waals surface area contributed by atoms with Crippen molar-refractivity contribution in [3.8, 4) is 23.0 Å². The summed E-state index contributed by atoms with van der Waals surface area (Å²) in [6.45, 7) is 0. The van der Waals surface area contributed by atoms with E-state index in [1.165, 1.54) is 30.5 Å². The Morgan fingerprint density at radius 1 is 0.889 bits per heavy atom. The predicted octanol–water partition coefficient (Wildman–Crippen LogP) is 6.64. The number of hydrogen-bond acceptors (Lipinski definition) is 7. The highest BCUT2D eigenvalue weighted by molar-refractivity contribution is 5.89. The molecule has 0 aliphatic carbocycles. The van der Waals surface area contributed by atoms with Crippen LogP contribution in [0, 0.1) is 0 Å². The lowest BCUT2D eigenvalue weighted by Gasteiger charge is -2.09. The number of imidazole rings is 2. The SMILES string of the molecule is Cn1c(Nc2ccc(C(F)(F)F)cc2)nc2cc(Oc3ccnc(-c4ncc(C(F)(F)F)[nH]4)c3)ccc21.O=C(O)C=CC(=O)O. The van der Waals surface area contributed by atoms with Crippen molar-refractivity contribution in [1.82, 2.24) is 24.5 Å². The molecule has 0 spiro atoms. The van der Waals surface area contributed by atoms with Gasteiger partial charge >= 0.3 is 24.3 Å². The molecular formula is C28H20F6N6O5. The number of halogens is 6. The molecule has 5 aromatic rings. The molecule has 0 unspecified atom stereocenters. The van der Waals surface area contributed by atoms with Crippen molar-refractivity contribution < 1.29 is 50.9 Å². The number of carboxylic acid groups (broad SMARTS) is 2. The summed E-state index contributed by atoms with van der Waals surface area (Å²) in [4.78, 5) is 33.6. The number of anilines is 2. The van der Waals surface area contributed by atoms with Crippen molar-refractivity contribution in [3.05, 3.63) is 90.4 Å². The molecular weight excluding hydrogens is 614 g/mol. The van der Waals surface area contributed by atoms with Gasteiger partial charge < -0.3 is 29.8 Å². The number of nitrogens with one attached hydrogen (secondary N) is 2. The van der Waals surface area contributed by atoms with E-state index in [1.54, 1.807) is 29.8 Å². The number of fused-ring (bicyclic) bond motifs is 1. The first-order valence-electron chi connectivity index (χ1n) is 12.4. The van der Waals surface area contributed by atoms with Crippen molar-refractivity contribution in [2.45, 2.75) is 12.4 Å². The minimum atomic E-state index is -4.56. The summed E-state index contributed by atoms with van der Waals surface area (Å²) in [5.41, 5.74) is 0.125. The number of carboxylic acids is 2. The van der Waals surface area contributed by atoms with Gasteiger partial charge in [-0.05, 0) is 42.5 Å². The number of aryl methyl sites for hydroxylation is 1. The van der Waals surface area contributed by atoms with Crippen LogP contribution in [0.2, 0.25) is 0 Å². The van der Waals surface area contributed by atoms with E-state index < -0.39 is 35.5 Å². The molecule has 0 bridgehead atoms. The van der Waals surface area contributed by atoms with Crippen molar-refractivity contribution in [2.24, 2.45) is 7.05 Å². The number of ether oxygens (including phenoxy) is 1. The number of pyridine rings is 1. The first-order valence-corrected chi connectivity index (χ1v) is 12.4. The summed E-state index contributed by atoms with van der Waals surface area (Å²) >= 11 is 0. The Labute approximate surface area is 248 Å². The van der Waals surface area contributed by atoms with Crippen molar-refractivity contribution in [2.75, 3.05) is 5.32 Å². The molecule has 4 N–H and O–H groups in total. The Bertz CT molecular complexity index is 1850. The lowest BCUT2D eigenvalue weighted by molar-refractivity contribution is -0.141. The van der Waals surface area contributed by atoms with E-state index >= 15 is 0 Å². The molecule has 0 atom stereocenters. The van der Waals surface area contributed by atoms with Crippen LogP contribution in [0.1, 0.15) is 11.3 Å². The van der Waals surface area contributed by atoms with Gasteiger partial charge in [0.25, 0.3) is 0 Å². The van der Waals surface area contributed by atoms with Crippen molar-refractivity contribution >= 4 is 34.6 Å². The number of alkyl halides is 6. The molecule has 0 saturated carbocycles. The van der Waals surface area contributed by atoms with Crippen LogP contribution in [0.25, 0.3) is 22.6 Å². The fourth-order valence-electron chi connectivity index (χ4n) is 3.70. The lowest BCUT2D eigenvalue weighted by atomic mass is 10.2. The first-order chi connectivity index (χ1) is 21.1. The highest BCUT2D eigenvalue weighted by Gasteiger charge is 2.33. The quantitative estimate of drug-likeness (QED) is 0.114. The molecule has 3 heterocycles. The minimum absolute atomic E-state index is 0.0584. The lowest BCUT2D eigenvalue weighted by Crippen LogP contribution is -2.05. The highest BCUT2D eigenvalue weighted by atomic mass is 19.4. The fraction of sp³-hybridized carbons (Fsp3) is 0.107. The van der Waals surface area contributed by atoms with Gasteiger partial charge in [-0.15, -0.1) is 0 Å². The van der Waals surface area contributed by atoms with Crippen molar-refractivity contribution in [1.29, 1.82) is 0 Å². The second kappa shape index (κ2) is 12.8. The molecule has 0 amide bonds. The van der Waals surface area contributed by atoms with Crippen LogP contribution in [0.4, 0.5) is 38.0 Å². The predicted molar refractivity (Wildman–Crippen MR) is 147 cm³/mol. The smallest absolute Gasteiger partial charge is 0.432 e. The molecule has 0 fully saturated rings. The molecule has 0 radical (unpaired) electrons. The van der Waals surface area contributed by atoms with Crippen LogP contribution in [-0.4, -0.2) is 46.7 Å². The van der Waals surface area contributed by atoms with E-state index in [-0.39, 0.29) is 11.5 Å². The largest absolute Gasteiger partial charge is 0.478 e. The summed E-state index contributed by atoms with van der Waals surface area (Å²) in [7, 11) is 1.75. The van der Waals surface area contributed by atoms with E-state index in [1.807, 2.05) is 0 Å². The average molecular weight is 634 g/mol. The first kappa shape index (κ1) is 32.1. The Hall–Kier alpha value is -5.87. The average Bonchev–Trinajstić information content (AvgIpc) is 3.58. The molecule has 3 aromatic heterocycles. The summed E-state index contributed by atoms with van der Waals surface area (Å²) in [5, 5.41) is 18.6. The topological polar surface area (TPSA) is 155 Å². The van der Waals surface area contributed by atoms with E-state index in [0.717, 1.165) is 17.6 Å². The standard InChI is InChI=1S/C24H16F6N6O.C4H4O4/c1-36-19-7-6-15(10-17(19)34-22(36)33-14-4-2-13(3-5-14)23(25,26)27)37-16-8-9-31-18(11-16)21-32-12-20(35-21)24(28,29)30;5-3(6)1-2-4(7)8/h2-12H,1H3,(H,32,35)(H,33,34);1-2H,(H,5,6)(H,7,8). The molecule has 5 rings (SSSR count). The molecule has 0 aliphatic heterocycles. The molecule has 0 saturated heterocycles. The third kappa shape index (κ3) is 8.37. The Morgan fingerprint density at radius 3 is 2.11 bits per heavy atom. The number of aromatic amines is 1. The van der Waals surface area contributed by atoms with Gasteiger partial charge in [0.15, 0.2) is 5.82 Å². The summed E-state index contributed by atoms with van der Waals surface area (Å²) in [6, 6.07) is 12.7. The number of rotatable bonds is 7. The third-order valence-corrected chi connectivity index (χ3v) is 5.78. The zero-order valence-corrected chi connectivity index (χ0v) is 22.7. The number of carbonyl (C=O) groups is 2. The van der Waals surface area contributed by atoms with Crippen LogP contribution in [0.15, 0.2) is 79.1 Å². The zero-order chi connectivity index (χ0) is 32.9. The van der Waals surface area contributed by atoms with E-state index in [2.05, 4.69) is 25.3 Å². The normalized spacial score (nSPS) is 11.7. The number of hydrogen-bond donors (Lipinski definition) is 4. The van der Waals surface area contributed by atoms with Gasteiger partial charge in [-0.1, -0.05) is 0 Å².